The van der Waals surface area contributed by atoms with Crippen molar-refractivity contribution in [2.45, 2.75) is 25.6 Å². The summed E-state index contributed by atoms with van der Waals surface area (Å²) in [4.78, 5) is 27.4. The highest BCUT2D eigenvalue weighted by Crippen LogP contribution is 2.27. The smallest absolute Gasteiger partial charge is 0.247 e. The highest BCUT2D eigenvalue weighted by Gasteiger charge is 2.38. The fraction of sp³-hybridized carbons (Fsp3) is 0.227. The number of benzene rings is 1. The van der Waals surface area contributed by atoms with E-state index in [1.54, 1.807) is 34.1 Å². The number of rotatable bonds is 4. The molecule has 1 aliphatic heterocycles. The minimum absolute atomic E-state index is 0.0893. The minimum atomic E-state index is -1.12. The fourth-order valence-corrected chi connectivity index (χ4v) is 3.82. The van der Waals surface area contributed by atoms with Gasteiger partial charge in [0.1, 0.15) is 12.2 Å². The molecule has 0 unspecified atom stereocenters. The lowest BCUT2D eigenvalue weighted by Gasteiger charge is -2.23. The van der Waals surface area contributed by atoms with Gasteiger partial charge in [-0.1, -0.05) is 6.07 Å². The molecule has 1 saturated heterocycles. The maximum atomic E-state index is 14.2. The molecule has 0 spiro atoms. The summed E-state index contributed by atoms with van der Waals surface area (Å²) < 4.78 is 15.9. The molecule has 1 N–H and O–H groups in total. The summed E-state index contributed by atoms with van der Waals surface area (Å²) in [5, 5.41) is 7.45. The van der Waals surface area contributed by atoms with Gasteiger partial charge in [-0.3, -0.25) is 4.79 Å². The SMILES string of the molecule is Cc1ccc(NC(=O)[C@H]2C[C@@H](F)CN2c2ncccn2)cc1-c1ncc2cccn2n1. The van der Waals surface area contributed by atoms with Gasteiger partial charge < -0.3 is 10.2 Å². The van der Waals surface area contributed by atoms with Gasteiger partial charge in [-0.25, -0.2) is 23.9 Å². The standard InChI is InChI=1S/C22H20FN7O/c1-14-5-6-16(11-18(14)20-26-12-17-4-2-9-30(17)28-20)27-21(31)19-10-15(23)13-29(19)22-24-7-3-8-25-22/h2-9,11-12,15,19H,10,13H2,1H3,(H,27,31)/t15-,19-/m1/s1. The summed E-state index contributed by atoms with van der Waals surface area (Å²) >= 11 is 0. The minimum Gasteiger partial charge on any atom is -0.326 e. The van der Waals surface area contributed by atoms with E-state index in [1.807, 2.05) is 43.5 Å². The summed E-state index contributed by atoms with van der Waals surface area (Å²) in [7, 11) is 0. The van der Waals surface area contributed by atoms with Crippen molar-refractivity contribution in [3.8, 4) is 11.4 Å². The molecule has 0 radical (unpaired) electrons. The second-order valence-electron chi connectivity index (χ2n) is 7.53. The highest BCUT2D eigenvalue weighted by molar-refractivity contribution is 5.97. The molecule has 5 rings (SSSR count). The molecule has 31 heavy (non-hydrogen) atoms. The van der Waals surface area contributed by atoms with Gasteiger partial charge in [0.25, 0.3) is 0 Å². The summed E-state index contributed by atoms with van der Waals surface area (Å²) in [5.41, 5.74) is 3.29. The number of amides is 1. The molecule has 0 saturated carbocycles. The molecule has 1 fully saturated rings. The van der Waals surface area contributed by atoms with Crippen molar-refractivity contribution in [2.75, 3.05) is 16.8 Å². The molecule has 8 nitrogen and oxygen atoms in total. The third kappa shape index (κ3) is 3.70. The molecule has 3 aromatic heterocycles. The van der Waals surface area contributed by atoms with E-state index in [1.165, 1.54) is 0 Å². The number of alkyl halides is 1. The number of anilines is 2. The maximum Gasteiger partial charge on any atom is 0.247 e. The Morgan fingerprint density at radius 3 is 2.84 bits per heavy atom. The molecule has 2 atom stereocenters. The molecule has 0 aliphatic carbocycles. The Morgan fingerprint density at radius 2 is 2.00 bits per heavy atom. The number of aromatic nitrogens is 5. The van der Waals surface area contributed by atoms with Crippen LogP contribution in [-0.2, 0) is 4.79 Å². The quantitative estimate of drug-likeness (QED) is 0.549. The van der Waals surface area contributed by atoms with Crippen LogP contribution in [0, 0.1) is 6.92 Å². The Balaban J connectivity index is 1.40. The Bertz CT molecular complexity index is 1240. The number of nitrogens with zero attached hydrogens (tertiary/aromatic N) is 6. The van der Waals surface area contributed by atoms with Crippen LogP contribution in [0.5, 0.6) is 0 Å². The van der Waals surface area contributed by atoms with Crippen LogP contribution in [0.25, 0.3) is 16.9 Å². The van der Waals surface area contributed by atoms with Crippen LogP contribution in [0.1, 0.15) is 12.0 Å². The Morgan fingerprint density at radius 1 is 1.16 bits per heavy atom. The van der Waals surface area contributed by atoms with Gasteiger partial charge in [0.2, 0.25) is 11.9 Å². The van der Waals surface area contributed by atoms with E-state index in [9.17, 15) is 9.18 Å². The molecule has 4 heterocycles. The zero-order valence-electron chi connectivity index (χ0n) is 16.8. The number of aryl methyl sites for hydroxylation is 1. The molecule has 1 amide bonds. The van der Waals surface area contributed by atoms with E-state index in [0.717, 1.165) is 16.6 Å². The van der Waals surface area contributed by atoms with Crippen molar-refractivity contribution in [1.82, 2.24) is 24.6 Å². The molecule has 1 aromatic carbocycles. The monoisotopic (exact) mass is 417 g/mol. The average Bonchev–Trinajstić information content (AvgIpc) is 3.41. The lowest BCUT2D eigenvalue weighted by molar-refractivity contribution is -0.117. The molecule has 9 heteroatoms. The topological polar surface area (TPSA) is 88.3 Å². The lowest BCUT2D eigenvalue weighted by Crippen LogP contribution is -2.40. The number of carbonyl (C=O) groups excluding carboxylic acids is 1. The van der Waals surface area contributed by atoms with E-state index in [0.29, 0.717) is 17.5 Å². The van der Waals surface area contributed by atoms with Crippen molar-refractivity contribution >= 4 is 23.1 Å². The number of carbonyl (C=O) groups is 1. The van der Waals surface area contributed by atoms with Gasteiger partial charge in [0.05, 0.1) is 18.3 Å². The van der Waals surface area contributed by atoms with Crippen LogP contribution in [0.15, 0.2) is 61.2 Å². The summed E-state index contributed by atoms with van der Waals surface area (Å²) in [6, 6.07) is 10.4. The van der Waals surface area contributed by atoms with E-state index >= 15 is 0 Å². The average molecular weight is 417 g/mol. The largest absolute Gasteiger partial charge is 0.326 e. The number of nitrogens with one attached hydrogen (secondary N) is 1. The Labute approximate surface area is 177 Å². The van der Waals surface area contributed by atoms with Crippen LogP contribution < -0.4 is 10.2 Å². The third-order valence-electron chi connectivity index (χ3n) is 5.39. The van der Waals surface area contributed by atoms with E-state index in [4.69, 9.17) is 0 Å². The lowest BCUT2D eigenvalue weighted by atomic mass is 10.1. The van der Waals surface area contributed by atoms with Crippen LogP contribution in [-0.4, -0.2) is 49.2 Å². The van der Waals surface area contributed by atoms with Gasteiger partial charge in [-0.15, -0.1) is 5.10 Å². The number of fused-ring (bicyclic) bond motifs is 1. The molecular weight excluding hydrogens is 397 g/mol. The van der Waals surface area contributed by atoms with Crippen molar-refractivity contribution in [3.63, 3.8) is 0 Å². The van der Waals surface area contributed by atoms with Crippen LogP contribution in [0.3, 0.4) is 0 Å². The second kappa shape index (κ2) is 7.75. The zero-order valence-corrected chi connectivity index (χ0v) is 16.8. The third-order valence-corrected chi connectivity index (χ3v) is 5.39. The second-order valence-corrected chi connectivity index (χ2v) is 7.53. The molecule has 0 bridgehead atoms. The molecule has 156 valence electrons. The Hall–Kier alpha value is -3.88. The summed E-state index contributed by atoms with van der Waals surface area (Å²) in [6.07, 6.45) is 5.75. The van der Waals surface area contributed by atoms with Crippen molar-refractivity contribution in [3.05, 3.63) is 66.7 Å². The van der Waals surface area contributed by atoms with E-state index in [-0.39, 0.29) is 18.9 Å². The van der Waals surface area contributed by atoms with E-state index < -0.39 is 12.2 Å². The van der Waals surface area contributed by atoms with Crippen LogP contribution >= 0.6 is 0 Å². The molecule has 1 aliphatic rings. The summed E-state index contributed by atoms with van der Waals surface area (Å²) in [5.74, 6) is 0.603. The van der Waals surface area contributed by atoms with Gasteiger partial charge in [0, 0.05) is 36.3 Å². The van der Waals surface area contributed by atoms with Crippen molar-refractivity contribution in [2.24, 2.45) is 0 Å². The number of hydrogen-bond donors (Lipinski definition) is 1. The van der Waals surface area contributed by atoms with Gasteiger partial charge in [-0.2, -0.15) is 0 Å². The zero-order chi connectivity index (χ0) is 21.4. The van der Waals surface area contributed by atoms with E-state index in [2.05, 4.69) is 25.4 Å². The van der Waals surface area contributed by atoms with Crippen molar-refractivity contribution in [1.29, 1.82) is 0 Å². The van der Waals surface area contributed by atoms with Crippen LogP contribution in [0.4, 0.5) is 16.0 Å². The molecule has 4 aromatic rings. The number of halogens is 1. The highest BCUT2D eigenvalue weighted by atomic mass is 19.1. The first-order valence-corrected chi connectivity index (χ1v) is 9.98. The van der Waals surface area contributed by atoms with Gasteiger partial charge in [0.15, 0.2) is 5.82 Å². The first-order valence-electron chi connectivity index (χ1n) is 9.98. The van der Waals surface area contributed by atoms with Crippen molar-refractivity contribution < 1.29 is 9.18 Å². The predicted molar refractivity (Wildman–Crippen MR) is 114 cm³/mol. The first kappa shape index (κ1) is 19.1. The van der Waals surface area contributed by atoms with Gasteiger partial charge >= 0.3 is 0 Å². The fourth-order valence-electron chi connectivity index (χ4n) is 3.82. The Kier molecular flexibility index (Phi) is 4.78. The molecular formula is C22H20FN7O. The van der Waals surface area contributed by atoms with Crippen LogP contribution in [0.2, 0.25) is 0 Å². The number of hydrogen-bond acceptors (Lipinski definition) is 6. The normalized spacial score (nSPS) is 18.5. The summed E-state index contributed by atoms with van der Waals surface area (Å²) in [6.45, 7) is 2.05. The predicted octanol–water partition coefficient (Wildman–Crippen LogP) is 3.05. The maximum absolute atomic E-state index is 14.2. The first-order chi connectivity index (χ1) is 15.1. The van der Waals surface area contributed by atoms with Gasteiger partial charge in [-0.05, 0) is 42.8 Å².